The van der Waals surface area contributed by atoms with Crippen molar-refractivity contribution in [2.45, 2.75) is 64.5 Å². The van der Waals surface area contributed by atoms with Gasteiger partial charge in [-0.3, -0.25) is 9.36 Å². The fourth-order valence-corrected chi connectivity index (χ4v) is 6.05. The lowest BCUT2D eigenvalue weighted by Crippen LogP contribution is -2.48. The van der Waals surface area contributed by atoms with E-state index >= 15 is 0 Å². The Labute approximate surface area is 272 Å². The molecule has 0 spiro atoms. The fourth-order valence-electron chi connectivity index (χ4n) is 6.05. The smallest absolute Gasteiger partial charge is 0.343 e. The number of ether oxygens (including phenoxy) is 3. The van der Waals surface area contributed by atoms with Gasteiger partial charge in [-0.15, -0.1) is 0 Å². The molecular weight excluding hydrogens is 584 g/mol. The van der Waals surface area contributed by atoms with Crippen LogP contribution in [-0.4, -0.2) is 85.3 Å². The highest BCUT2D eigenvalue weighted by molar-refractivity contribution is 5.91. The number of carbonyl (C=O) groups is 3. The Balaban J connectivity index is 1.73. The molecule has 10 heteroatoms. The van der Waals surface area contributed by atoms with Crippen molar-refractivity contribution in [1.29, 1.82) is 0 Å². The van der Waals surface area contributed by atoms with E-state index in [0.29, 0.717) is 35.7 Å². The van der Waals surface area contributed by atoms with Crippen LogP contribution in [0, 0.1) is 0 Å². The summed E-state index contributed by atoms with van der Waals surface area (Å²) in [5, 5.41) is 3.28. The molecule has 2 aromatic carbocycles. The van der Waals surface area contributed by atoms with E-state index in [4.69, 9.17) is 9.47 Å². The summed E-state index contributed by atoms with van der Waals surface area (Å²) in [4.78, 5) is 44.6. The van der Waals surface area contributed by atoms with Crippen molar-refractivity contribution in [2.75, 3.05) is 47.0 Å². The first-order valence-corrected chi connectivity index (χ1v) is 16.3. The molecule has 10 nitrogen and oxygen atoms in total. The van der Waals surface area contributed by atoms with Crippen LogP contribution in [0.3, 0.4) is 0 Å². The van der Waals surface area contributed by atoms with Crippen molar-refractivity contribution < 1.29 is 28.6 Å². The second kappa shape index (κ2) is 17.4. The van der Waals surface area contributed by atoms with Crippen molar-refractivity contribution >= 4 is 17.9 Å². The minimum absolute atomic E-state index is 0.0646. The monoisotopic (exact) mass is 632 g/mol. The molecule has 0 bridgehead atoms. The molecule has 1 aromatic heterocycles. The molecule has 0 saturated heterocycles. The first-order valence-electron chi connectivity index (χ1n) is 16.3. The summed E-state index contributed by atoms with van der Waals surface area (Å²) in [6, 6.07) is 17.2. The zero-order valence-corrected chi connectivity index (χ0v) is 27.6. The Bertz CT molecular complexity index is 1410. The highest BCUT2D eigenvalue weighted by Gasteiger charge is 2.34. The molecule has 248 valence electrons. The largest absolute Gasteiger partial charge is 0.496 e. The molecule has 2 amide bonds. The Hall–Kier alpha value is -4.31. The number of nitrogens with one attached hydrogen (secondary N) is 1. The van der Waals surface area contributed by atoms with E-state index in [1.807, 2.05) is 36.4 Å². The van der Waals surface area contributed by atoms with Crippen LogP contribution < -0.4 is 14.8 Å². The summed E-state index contributed by atoms with van der Waals surface area (Å²) in [5.74, 6) is 0.412. The van der Waals surface area contributed by atoms with Gasteiger partial charge in [-0.1, -0.05) is 57.4 Å². The molecule has 1 saturated carbocycles. The standard InChI is InChI=1S/C36H48N4O6/c1-5-38(6-2)23-13-25-40(36(43)39-24-12-17-31(39)30-16-10-11-18-32(30)44-3)34(35(42)37-28-14-8-7-9-15-28)27-19-21-29(22-20-27)46-26-33(41)45-4/h10-12,16-22,24,28,34H,5-9,13-15,23,25-26H2,1-4H3,(H,37,42). The van der Waals surface area contributed by atoms with Gasteiger partial charge in [0.15, 0.2) is 6.61 Å². The van der Waals surface area contributed by atoms with Gasteiger partial charge in [0.2, 0.25) is 5.91 Å². The van der Waals surface area contributed by atoms with Gasteiger partial charge in [-0.25, -0.2) is 9.59 Å². The Morgan fingerprint density at radius 3 is 2.30 bits per heavy atom. The zero-order valence-electron chi connectivity index (χ0n) is 27.6. The molecule has 0 radical (unpaired) electrons. The van der Waals surface area contributed by atoms with Gasteiger partial charge < -0.3 is 29.3 Å². The van der Waals surface area contributed by atoms with E-state index in [0.717, 1.165) is 57.3 Å². The third-order valence-corrected chi connectivity index (χ3v) is 8.64. The van der Waals surface area contributed by atoms with Gasteiger partial charge in [0.05, 0.1) is 19.9 Å². The van der Waals surface area contributed by atoms with Gasteiger partial charge in [-0.2, -0.15) is 0 Å². The quantitative estimate of drug-likeness (QED) is 0.208. The number of aromatic nitrogens is 1. The van der Waals surface area contributed by atoms with Gasteiger partial charge >= 0.3 is 12.0 Å². The van der Waals surface area contributed by atoms with Crippen LogP contribution in [0.1, 0.15) is 64.0 Å². The molecule has 0 aliphatic heterocycles. The van der Waals surface area contributed by atoms with E-state index in [1.54, 1.807) is 47.0 Å². The highest BCUT2D eigenvalue weighted by Crippen LogP contribution is 2.32. The lowest BCUT2D eigenvalue weighted by Gasteiger charge is -2.34. The van der Waals surface area contributed by atoms with E-state index in [1.165, 1.54) is 7.11 Å². The Morgan fingerprint density at radius 1 is 0.913 bits per heavy atom. The number of para-hydroxylation sites is 1. The van der Waals surface area contributed by atoms with Crippen LogP contribution in [-0.2, 0) is 14.3 Å². The number of nitrogens with zero attached hydrogens (tertiary/aromatic N) is 3. The number of esters is 1. The number of rotatable bonds is 15. The molecule has 1 fully saturated rings. The molecule has 4 rings (SSSR count). The van der Waals surface area contributed by atoms with Crippen molar-refractivity contribution in [1.82, 2.24) is 19.7 Å². The number of hydrogen-bond donors (Lipinski definition) is 1. The van der Waals surface area contributed by atoms with Crippen molar-refractivity contribution in [3.05, 3.63) is 72.4 Å². The van der Waals surface area contributed by atoms with Gasteiger partial charge in [-0.05, 0) is 80.9 Å². The minimum atomic E-state index is -0.895. The number of methoxy groups -OCH3 is 2. The summed E-state index contributed by atoms with van der Waals surface area (Å²) in [5.41, 5.74) is 2.11. The normalized spacial score (nSPS) is 14.0. The third-order valence-electron chi connectivity index (χ3n) is 8.64. The zero-order chi connectivity index (χ0) is 32.9. The van der Waals surface area contributed by atoms with E-state index < -0.39 is 12.0 Å². The maximum absolute atomic E-state index is 14.7. The summed E-state index contributed by atoms with van der Waals surface area (Å²) < 4.78 is 17.5. The fraction of sp³-hybridized carbons (Fsp3) is 0.472. The molecule has 1 aliphatic carbocycles. The van der Waals surface area contributed by atoms with E-state index in [9.17, 15) is 14.4 Å². The summed E-state index contributed by atoms with van der Waals surface area (Å²) in [7, 11) is 2.91. The lowest BCUT2D eigenvalue weighted by molar-refractivity contribution is -0.142. The van der Waals surface area contributed by atoms with Crippen LogP contribution in [0.25, 0.3) is 11.3 Å². The van der Waals surface area contributed by atoms with Crippen LogP contribution in [0.4, 0.5) is 4.79 Å². The second-order valence-electron chi connectivity index (χ2n) is 11.5. The number of benzene rings is 2. The number of hydrogen-bond acceptors (Lipinski definition) is 7. The third kappa shape index (κ3) is 8.90. The lowest BCUT2D eigenvalue weighted by atomic mass is 9.94. The molecule has 1 aliphatic rings. The summed E-state index contributed by atoms with van der Waals surface area (Å²) in [6.07, 6.45) is 7.57. The Kier molecular flexibility index (Phi) is 13.1. The first-order chi connectivity index (χ1) is 22.4. The summed E-state index contributed by atoms with van der Waals surface area (Å²) in [6.45, 7) is 6.97. The van der Waals surface area contributed by atoms with Crippen LogP contribution in [0.5, 0.6) is 11.5 Å². The van der Waals surface area contributed by atoms with Gasteiger partial charge in [0.1, 0.15) is 17.5 Å². The predicted molar refractivity (Wildman–Crippen MR) is 178 cm³/mol. The first kappa shape index (κ1) is 34.6. The van der Waals surface area contributed by atoms with Crippen molar-refractivity contribution in [3.8, 4) is 22.8 Å². The van der Waals surface area contributed by atoms with Crippen LogP contribution in [0.2, 0.25) is 0 Å². The maximum atomic E-state index is 14.7. The van der Waals surface area contributed by atoms with Gasteiger partial charge in [0, 0.05) is 24.3 Å². The molecule has 1 N–H and O–H groups in total. The average Bonchev–Trinajstić information content (AvgIpc) is 3.59. The average molecular weight is 633 g/mol. The second-order valence-corrected chi connectivity index (χ2v) is 11.5. The SMILES string of the molecule is CCN(CC)CCCN(C(=O)n1cccc1-c1ccccc1OC)C(C(=O)NC1CCCCC1)c1ccc(OCC(=O)OC)cc1. The maximum Gasteiger partial charge on any atom is 0.343 e. The molecule has 1 unspecified atom stereocenters. The summed E-state index contributed by atoms with van der Waals surface area (Å²) >= 11 is 0. The van der Waals surface area contributed by atoms with Crippen LogP contribution >= 0.6 is 0 Å². The molecule has 46 heavy (non-hydrogen) atoms. The molecule has 3 aromatic rings. The van der Waals surface area contributed by atoms with E-state index in [-0.39, 0.29) is 24.6 Å². The number of carbonyl (C=O) groups excluding carboxylic acids is 3. The minimum Gasteiger partial charge on any atom is -0.496 e. The topological polar surface area (TPSA) is 102 Å². The van der Waals surface area contributed by atoms with Gasteiger partial charge in [0.25, 0.3) is 0 Å². The Morgan fingerprint density at radius 2 is 1.63 bits per heavy atom. The van der Waals surface area contributed by atoms with Crippen molar-refractivity contribution in [3.63, 3.8) is 0 Å². The predicted octanol–water partition coefficient (Wildman–Crippen LogP) is 5.91. The molecule has 1 heterocycles. The molecule has 1 atom stereocenters. The highest BCUT2D eigenvalue weighted by atomic mass is 16.6. The van der Waals surface area contributed by atoms with Crippen LogP contribution in [0.15, 0.2) is 66.9 Å². The number of amides is 2. The van der Waals surface area contributed by atoms with E-state index in [2.05, 4.69) is 28.8 Å². The molecular formula is C36H48N4O6. The van der Waals surface area contributed by atoms with Crippen molar-refractivity contribution in [2.24, 2.45) is 0 Å².